The number of anilines is 1. The monoisotopic (exact) mass is 675 g/mol. The summed E-state index contributed by atoms with van der Waals surface area (Å²) in [6.07, 6.45) is 0.0170. The van der Waals surface area contributed by atoms with E-state index in [1.54, 1.807) is 0 Å². The second kappa shape index (κ2) is 9.31. The van der Waals surface area contributed by atoms with E-state index in [0.717, 1.165) is 0 Å². The minimum absolute atomic E-state index is 0.0703. The van der Waals surface area contributed by atoms with Crippen molar-refractivity contribution in [1.29, 1.82) is 0 Å². The number of Topliss-reactive ketones (excluding diaryl/α,β-unsaturated/α-hetero) is 4. The second-order valence-electron chi connectivity index (χ2n) is 11.6. The number of phenols is 1. The van der Waals surface area contributed by atoms with Gasteiger partial charge in [0, 0.05) is 9.49 Å². The number of nitrogens with two attached hydrogens (primary N) is 1. The Morgan fingerprint density at radius 3 is 2.28 bits per heavy atom. The number of sulfonamides is 1. The van der Waals surface area contributed by atoms with Crippen LogP contribution in [0.5, 0.6) is 5.75 Å². The molecule has 0 aliphatic heterocycles. The number of primary amides is 1. The molecular weight excluding hydrogens is 645 g/mol. The molecule has 0 aromatic heterocycles. The van der Waals surface area contributed by atoms with Crippen LogP contribution < -0.4 is 10.5 Å². The summed E-state index contributed by atoms with van der Waals surface area (Å²) in [6.45, 7) is 4.36. The largest absolute Gasteiger partial charge is 0.505 e. The quantitative estimate of drug-likeness (QED) is 0.191. The van der Waals surface area contributed by atoms with Crippen molar-refractivity contribution < 1.29 is 42.6 Å². The van der Waals surface area contributed by atoms with Crippen LogP contribution in [0.4, 0.5) is 5.69 Å². The van der Waals surface area contributed by atoms with Gasteiger partial charge in [-0.1, -0.05) is 0 Å². The highest BCUT2D eigenvalue weighted by atomic mass is 127. The lowest BCUT2D eigenvalue weighted by Gasteiger charge is -2.52. The van der Waals surface area contributed by atoms with E-state index in [-0.39, 0.29) is 24.1 Å². The highest BCUT2D eigenvalue weighted by molar-refractivity contribution is 14.1. The van der Waals surface area contributed by atoms with Gasteiger partial charge in [-0.25, -0.2) is 8.42 Å². The molecule has 1 aromatic carbocycles. The number of nitrogens with zero attached hydrogens (tertiary/aromatic N) is 1. The summed E-state index contributed by atoms with van der Waals surface area (Å²) in [5.41, 5.74) is 2.35. The molecule has 0 spiro atoms. The second-order valence-corrected chi connectivity index (χ2v) is 15.2. The molecule has 39 heavy (non-hydrogen) atoms. The molecule has 1 amide bonds. The summed E-state index contributed by atoms with van der Waals surface area (Å²) in [7, 11) is -0.972. The molecular formula is C25H30IN3O9S. The van der Waals surface area contributed by atoms with Crippen molar-refractivity contribution in [2.24, 2.45) is 29.4 Å². The molecule has 0 saturated heterocycles. The van der Waals surface area contributed by atoms with Crippen LogP contribution in [0.2, 0.25) is 0 Å². The van der Waals surface area contributed by atoms with Crippen LogP contribution >= 0.6 is 22.6 Å². The zero-order chi connectivity index (χ0) is 29.6. The van der Waals surface area contributed by atoms with Gasteiger partial charge in [-0.3, -0.25) is 33.6 Å². The maximum Gasteiger partial charge on any atom is 0.237 e. The smallest absolute Gasteiger partial charge is 0.237 e. The number of aliphatic hydroxyl groups is 1. The molecule has 2 saturated carbocycles. The van der Waals surface area contributed by atoms with Crippen LogP contribution in [-0.4, -0.2) is 83.1 Å². The van der Waals surface area contributed by atoms with E-state index in [1.165, 1.54) is 45.8 Å². The first kappa shape index (κ1) is 29.6. The fourth-order valence-corrected chi connectivity index (χ4v) is 7.55. The van der Waals surface area contributed by atoms with Gasteiger partial charge in [0.05, 0.1) is 28.0 Å². The Kier molecular flexibility index (Phi) is 7.05. The van der Waals surface area contributed by atoms with E-state index < -0.39 is 84.9 Å². The van der Waals surface area contributed by atoms with Crippen molar-refractivity contribution in [1.82, 2.24) is 4.90 Å². The average molecular weight is 675 g/mol. The number of benzene rings is 1. The Morgan fingerprint density at radius 2 is 1.77 bits per heavy atom. The maximum absolute atomic E-state index is 13.9. The number of likely N-dealkylation sites (N-methyl/N-ethyl adjacent to an activating group) is 1. The molecule has 3 aliphatic carbocycles. The van der Waals surface area contributed by atoms with Crippen molar-refractivity contribution >= 4 is 67.3 Å². The zero-order valence-corrected chi connectivity index (χ0v) is 24.9. The highest BCUT2D eigenvalue weighted by Crippen LogP contribution is 2.52. The molecule has 212 valence electrons. The molecule has 4 unspecified atom stereocenters. The first-order valence-corrected chi connectivity index (χ1v) is 14.7. The van der Waals surface area contributed by atoms with Gasteiger partial charge < -0.3 is 15.9 Å². The van der Waals surface area contributed by atoms with Crippen LogP contribution in [0.15, 0.2) is 6.07 Å². The Morgan fingerprint density at radius 1 is 1.18 bits per heavy atom. The molecule has 14 heteroatoms. The van der Waals surface area contributed by atoms with Gasteiger partial charge in [-0.2, -0.15) is 0 Å². The molecule has 0 heterocycles. The minimum Gasteiger partial charge on any atom is -0.505 e. The third kappa shape index (κ3) is 4.21. The number of hydrogen-bond donors (Lipinski definition) is 4. The summed E-state index contributed by atoms with van der Waals surface area (Å²) < 4.78 is 27.0. The zero-order valence-electron chi connectivity index (χ0n) is 21.9. The number of hydrogen-bond acceptors (Lipinski definition) is 10. The molecule has 2 fully saturated rings. The van der Waals surface area contributed by atoms with Gasteiger partial charge in [0.1, 0.15) is 0 Å². The van der Waals surface area contributed by atoms with E-state index in [2.05, 4.69) is 4.72 Å². The van der Waals surface area contributed by atoms with Crippen LogP contribution in [0, 0.1) is 27.2 Å². The lowest BCUT2D eigenvalue weighted by atomic mass is 9.52. The van der Waals surface area contributed by atoms with Crippen molar-refractivity contribution in [3.63, 3.8) is 0 Å². The first-order chi connectivity index (χ1) is 17.8. The number of amides is 1. The molecule has 5 N–H and O–H groups in total. The SMILES string of the molecule is CN(C)[C@@H]1C(=O)C(C(N)=O)C(=O)[C@@]2(O)C(=O)C3C(=O)c4c(O)c(NS(=O)(=O)C(C)(C)C)cc(I)c4CC3CC12. The number of rotatable bonds is 4. The normalized spacial score (nSPS) is 31.0. The topological polar surface area (TPSA) is 201 Å². The molecule has 3 aliphatic rings. The van der Waals surface area contributed by atoms with Crippen LogP contribution in [0.25, 0.3) is 0 Å². The van der Waals surface area contributed by atoms with Crippen LogP contribution in [-0.2, 0) is 35.6 Å². The molecule has 1 aromatic rings. The van der Waals surface area contributed by atoms with Gasteiger partial charge in [-0.05, 0) is 87.8 Å². The first-order valence-electron chi connectivity index (χ1n) is 12.2. The minimum atomic E-state index is -3.99. The number of carbonyl (C=O) groups is 5. The number of halogens is 1. The third-order valence-electron chi connectivity index (χ3n) is 8.06. The third-order valence-corrected chi connectivity index (χ3v) is 11.1. The Labute approximate surface area is 238 Å². The average Bonchev–Trinajstić information content (AvgIpc) is 2.78. The molecule has 4 rings (SSSR count). The summed E-state index contributed by atoms with van der Waals surface area (Å²) in [5.74, 6) is -11.8. The number of fused-ring (bicyclic) bond motifs is 3. The lowest BCUT2D eigenvalue weighted by molar-refractivity contribution is -0.181. The summed E-state index contributed by atoms with van der Waals surface area (Å²) in [5, 5.41) is 22.7. The Bertz CT molecular complexity index is 1450. The van der Waals surface area contributed by atoms with E-state index in [4.69, 9.17) is 5.73 Å². The van der Waals surface area contributed by atoms with Gasteiger partial charge in [0.15, 0.2) is 40.4 Å². The highest BCUT2D eigenvalue weighted by Gasteiger charge is 2.69. The van der Waals surface area contributed by atoms with E-state index >= 15 is 0 Å². The predicted octanol–water partition coefficient (Wildman–Crippen LogP) is 0.0118. The Balaban J connectivity index is 1.85. The van der Waals surface area contributed by atoms with Gasteiger partial charge in [0.2, 0.25) is 15.9 Å². The summed E-state index contributed by atoms with van der Waals surface area (Å²) in [4.78, 5) is 67.6. The number of nitrogens with one attached hydrogen (secondary N) is 1. The van der Waals surface area contributed by atoms with Gasteiger partial charge >= 0.3 is 0 Å². The summed E-state index contributed by atoms with van der Waals surface area (Å²) in [6, 6.07) is 0.202. The van der Waals surface area contributed by atoms with E-state index in [1.807, 2.05) is 22.6 Å². The number of phenolic OH excluding ortho intramolecular Hbond substituents is 1. The molecule has 6 atom stereocenters. The fourth-order valence-electron chi connectivity index (χ4n) is 6.00. The van der Waals surface area contributed by atoms with Gasteiger partial charge in [-0.15, -0.1) is 0 Å². The summed E-state index contributed by atoms with van der Waals surface area (Å²) >= 11 is 1.91. The van der Waals surface area contributed by atoms with E-state index in [0.29, 0.717) is 9.13 Å². The lowest BCUT2D eigenvalue weighted by Crippen LogP contribution is -2.74. The Hall–Kier alpha value is -2.43. The van der Waals surface area contributed by atoms with Crippen molar-refractivity contribution in [3.8, 4) is 5.75 Å². The predicted molar refractivity (Wildman–Crippen MR) is 146 cm³/mol. The van der Waals surface area contributed by atoms with Crippen molar-refractivity contribution in [2.75, 3.05) is 18.8 Å². The van der Waals surface area contributed by atoms with Gasteiger partial charge in [0.25, 0.3) is 0 Å². The van der Waals surface area contributed by atoms with Crippen LogP contribution in [0.3, 0.4) is 0 Å². The number of carbonyl (C=O) groups excluding carboxylic acids is 5. The molecule has 0 bridgehead atoms. The molecule has 12 nitrogen and oxygen atoms in total. The van der Waals surface area contributed by atoms with Crippen LogP contribution in [0.1, 0.15) is 43.1 Å². The maximum atomic E-state index is 13.9. The fraction of sp³-hybridized carbons (Fsp3) is 0.560. The van der Waals surface area contributed by atoms with E-state index in [9.17, 15) is 42.6 Å². The van der Waals surface area contributed by atoms with Crippen molar-refractivity contribution in [2.45, 2.75) is 50.0 Å². The number of aromatic hydroxyl groups is 1. The number of ketones is 4. The standard InChI is InChI=1S/C25H30IN3O9S/c1-24(2,3)39(37,38)28-13-8-12(26)10-6-9-7-11-17(29(4)5)20(32)16(23(27)35)22(34)25(11,36)21(33)14(9)19(31)15(10)18(13)30/h8-9,11,14,16-17,28,30,36H,6-7H2,1-5H3,(H2,27,35)/t9?,11?,14?,16?,17-,25-/m0/s1. The molecule has 0 radical (unpaired) electrons. The van der Waals surface area contributed by atoms with Crippen molar-refractivity contribution in [3.05, 3.63) is 20.8 Å².